The van der Waals surface area contributed by atoms with Crippen LogP contribution in [0.4, 0.5) is 5.82 Å². The predicted octanol–water partition coefficient (Wildman–Crippen LogP) is 3.93. The Morgan fingerprint density at radius 2 is 1.80 bits per heavy atom. The quantitative estimate of drug-likeness (QED) is 0.893. The highest BCUT2D eigenvalue weighted by molar-refractivity contribution is 5.39. The molecule has 1 heterocycles. The molecule has 0 spiro atoms. The van der Waals surface area contributed by atoms with Crippen LogP contribution in [0.2, 0.25) is 0 Å². The number of rotatable bonds is 5. The van der Waals surface area contributed by atoms with Gasteiger partial charge in [-0.15, -0.1) is 0 Å². The lowest BCUT2D eigenvalue weighted by Gasteiger charge is -2.24. The van der Waals surface area contributed by atoms with Gasteiger partial charge in [-0.2, -0.15) is 0 Å². The Morgan fingerprint density at radius 3 is 2.45 bits per heavy atom. The number of aryl methyl sites for hydroxylation is 1. The number of benzene rings is 1. The van der Waals surface area contributed by atoms with Crippen molar-refractivity contribution in [3.63, 3.8) is 0 Å². The summed E-state index contributed by atoms with van der Waals surface area (Å²) in [4.78, 5) is 9.34. The fraction of sp³-hybridized carbons (Fsp3) is 0.412. The van der Waals surface area contributed by atoms with Gasteiger partial charge >= 0.3 is 0 Å². The van der Waals surface area contributed by atoms with Crippen LogP contribution in [0, 0.1) is 6.92 Å². The Bertz CT molecular complexity index is 562. The van der Waals surface area contributed by atoms with Gasteiger partial charge in [-0.1, -0.05) is 37.3 Å². The van der Waals surface area contributed by atoms with Crippen molar-refractivity contribution in [3.8, 4) is 0 Å². The molecular formula is C17H23N3. The lowest BCUT2D eigenvalue weighted by atomic mass is 9.83. The van der Waals surface area contributed by atoms with Crippen LogP contribution in [0.1, 0.15) is 44.3 Å². The van der Waals surface area contributed by atoms with Gasteiger partial charge in [0, 0.05) is 23.7 Å². The molecule has 3 nitrogen and oxygen atoms in total. The average Bonchev–Trinajstić information content (AvgIpc) is 2.45. The number of nitrogens with zero attached hydrogens (tertiary/aromatic N) is 2. The van der Waals surface area contributed by atoms with Crippen LogP contribution in [-0.4, -0.2) is 16.5 Å². The molecule has 2 aromatic rings. The first-order chi connectivity index (χ1) is 9.54. The standard InChI is InChI=1S/C17H23N3/c1-5-11-18-15-12-13(2)19-16(20-15)17(3,4)14-9-7-6-8-10-14/h6-10,12H,5,11H2,1-4H3,(H,18,19,20). The van der Waals surface area contributed by atoms with E-state index in [1.165, 1.54) is 5.56 Å². The first-order valence-corrected chi connectivity index (χ1v) is 7.19. The van der Waals surface area contributed by atoms with Gasteiger partial charge in [0.2, 0.25) is 0 Å². The molecule has 0 saturated carbocycles. The molecule has 3 heteroatoms. The van der Waals surface area contributed by atoms with Crippen molar-refractivity contribution < 1.29 is 0 Å². The van der Waals surface area contributed by atoms with Crippen molar-refractivity contribution in [3.05, 3.63) is 53.5 Å². The summed E-state index contributed by atoms with van der Waals surface area (Å²) >= 11 is 0. The molecule has 106 valence electrons. The second-order valence-electron chi connectivity index (χ2n) is 5.64. The van der Waals surface area contributed by atoms with Crippen LogP contribution in [0.15, 0.2) is 36.4 Å². The van der Waals surface area contributed by atoms with E-state index < -0.39 is 0 Å². The van der Waals surface area contributed by atoms with Crippen molar-refractivity contribution in [2.75, 3.05) is 11.9 Å². The average molecular weight is 269 g/mol. The Morgan fingerprint density at radius 1 is 1.10 bits per heavy atom. The van der Waals surface area contributed by atoms with E-state index in [4.69, 9.17) is 4.98 Å². The molecule has 2 rings (SSSR count). The SMILES string of the molecule is CCCNc1cc(C)nc(C(C)(C)c2ccccc2)n1. The fourth-order valence-corrected chi connectivity index (χ4v) is 2.18. The number of hydrogen-bond donors (Lipinski definition) is 1. The second kappa shape index (κ2) is 6.04. The van der Waals surface area contributed by atoms with Gasteiger partial charge in [0.25, 0.3) is 0 Å². The number of anilines is 1. The van der Waals surface area contributed by atoms with Crippen LogP contribution >= 0.6 is 0 Å². The highest BCUT2D eigenvalue weighted by Gasteiger charge is 2.26. The van der Waals surface area contributed by atoms with Crippen LogP contribution in [-0.2, 0) is 5.41 Å². The first-order valence-electron chi connectivity index (χ1n) is 7.19. The summed E-state index contributed by atoms with van der Waals surface area (Å²) < 4.78 is 0. The molecular weight excluding hydrogens is 246 g/mol. The summed E-state index contributed by atoms with van der Waals surface area (Å²) in [6, 6.07) is 12.4. The second-order valence-corrected chi connectivity index (χ2v) is 5.64. The highest BCUT2D eigenvalue weighted by atomic mass is 15.0. The minimum Gasteiger partial charge on any atom is -0.370 e. The monoisotopic (exact) mass is 269 g/mol. The number of hydrogen-bond acceptors (Lipinski definition) is 3. The lowest BCUT2D eigenvalue weighted by Crippen LogP contribution is -2.23. The molecule has 0 atom stereocenters. The first kappa shape index (κ1) is 14.5. The Hall–Kier alpha value is -1.90. The topological polar surface area (TPSA) is 37.8 Å². The van der Waals surface area contributed by atoms with E-state index in [1.807, 2.05) is 19.1 Å². The van der Waals surface area contributed by atoms with Gasteiger partial charge in [0.05, 0.1) is 0 Å². The highest BCUT2D eigenvalue weighted by Crippen LogP contribution is 2.29. The van der Waals surface area contributed by atoms with E-state index >= 15 is 0 Å². The lowest BCUT2D eigenvalue weighted by molar-refractivity contribution is 0.588. The van der Waals surface area contributed by atoms with E-state index in [1.54, 1.807) is 0 Å². The smallest absolute Gasteiger partial charge is 0.140 e. The summed E-state index contributed by atoms with van der Waals surface area (Å²) in [7, 11) is 0. The van der Waals surface area contributed by atoms with E-state index in [0.717, 1.165) is 30.3 Å². The Labute approximate surface area is 121 Å². The van der Waals surface area contributed by atoms with Gasteiger partial charge in [-0.25, -0.2) is 9.97 Å². The zero-order chi connectivity index (χ0) is 14.6. The largest absolute Gasteiger partial charge is 0.370 e. The summed E-state index contributed by atoms with van der Waals surface area (Å²) in [5.41, 5.74) is 2.03. The molecule has 0 radical (unpaired) electrons. The van der Waals surface area contributed by atoms with E-state index in [-0.39, 0.29) is 5.41 Å². The molecule has 0 aliphatic rings. The van der Waals surface area contributed by atoms with Crippen LogP contribution in [0.5, 0.6) is 0 Å². The van der Waals surface area contributed by atoms with E-state index in [9.17, 15) is 0 Å². The molecule has 20 heavy (non-hydrogen) atoms. The third kappa shape index (κ3) is 3.16. The van der Waals surface area contributed by atoms with Gasteiger partial charge in [-0.3, -0.25) is 0 Å². The maximum absolute atomic E-state index is 4.70. The molecule has 1 N–H and O–H groups in total. The molecule has 0 aliphatic heterocycles. The molecule has 0 amide bonds. The Kier molecular flexibility index (Phi) is 4.38. The summed E-state index contributed by atoms with van der Waals surface area (Å²) in [6.07, 6.45) is 1.08. The van der Waals surface area contributed by atoms with Gasteiger partial charge in [0.15, 0.2) is 0 Å². The number of aromatic nitrogens is 2. The minimum absolute atomic E-state index is 0.198. The maximum atomic E-state index is 4.70. The third-order valence-corrected chi connectivity index (χ3v) is 3.46. The van der Waals surface area contributed by atoms with Crippen molar-refractivity contribution in [1.82, 2.24) is 9.97 Å². The van der Waals surface area contributed by atoms with Gasteiger partial charge in [0.1, 0.15) is 11.6 Å². The Balaban J connectivity index is 2.38. The summed E-state index contributed by atoms with van der Waals surface area (Å²) in [5, 5.41) is 3.35. The van der Waals surface area contributed by atoms with Crippen LogP contribution < -0.4 is 5.32 Å². The van der Waals surface area contributed by atoms with Crippen molar-refractivity contribution >= 4 is 5.82 Å². The third-order valence-electron chi connectivity index (χ3n) is 3.46. The maximum Gasteiger partial charge on any atom is 0.140 e. The van der Waals surface area contributed by atoms with Crippen LogP contribution in [0.25, 0.3) is 0 Å². The van der Waals surface area contributed by atoms with E-state index in [2.05, 4.69) is 55.3 Å². The predicted molar refractivity (Wildman–Crippen MR) is 84.1 cm³/mol. The molecule has 0 fully saturated rings. The minimum atomic E-state index is -0.198. The molecule has 0 aliphatic carbocycles. The molecule has 1 aromatic carbocycles. The molecule has 0 bridgehead atoms. The zero-order valence-corrected chi connectivity index (χ0v) is 12.8. The molecule has 0 unspecified atom stereocenters. The normalized spacial score (nSPS) is 11.4. The van der Waals surface area contributed by atoms with Gasteiger partial charge in [-0.05, 0) is 32.8 Å². The zero-order valence-electron chi connectivity index (χ0n) is 12.8. The van der Waals surface area contributed by atoms with Crippen LogP contribution in [0.3, 0.4) is 0 Å². The van der Waals surface area contributed by atoms with Crippen molar-refractivity contribution in [2.24, 2.45) is 0 Å². The number of nitrogens with one attached hydrogen (secondary N) is 1. The van der Waals surface area contributed by atoms with Gasteiger partial charge < -0.3 is 5.32 Å². The fourth-order valence-electron chi connectivity index (χ4n) is 2.18. The molecule has 1 aromatic heterocycles. The summed E-state index contributed by atoms with van der Waals surface area (Å²) in [6.45, 7) is 9.43. The van der Waals surface area contributed by atoms with E-state index in [0.29, 0.717) is 0 Å². The molecule has 0 saturated heterocycles. The van der Waals surface area contributed by atoms with Crippen molar-refractivity contribution in [2.45, 2.75) is 39.5 Å². The summed E-state index contributed by atoms with van der Waals surface area (Å²) in [5.74, 6) is 1.78. The van der Waals surface area contributed by atoms with Crippen molar-refractivity contribution in [1.29, 1.82) is 0 Å².